The van der Waals surface area contributed by atoms with E-state index in [9.17, 15) is 0 Å². The van der Waals surface area contributed by atoms with Gasteiger partial charge >= 0.3 is 0 Å². The Morgan fingerprint density at radius 2 is 2.31 bits per heavy atom. The van der Waals surface area contributed by atoms with Crippen LogP contribution in [-0.2, 0) is 9.47 Å². The van der Waals surface area contributed by atoms with Crippen molar-refractivity contribution in [1.82, 2.24) is 9.97 Å². The van der Waals surface area contributed by atoms with Crippen molar-refractivity contribution in [2.75, 3.05) is 38.4 Å². The molecule has 1 aromatic rings. The van der Waals surface area contributed by atoms with Crippen LogP contribution in [0.1, 0.15) is 0 Å². The van der Waals surface area contributed by atoms with Crippen molar-refractivity contribution in [1.29, 1.82) is 0 Å². The summed E-state index contributed by atoms with van der Waals surface area (Å²) in [6, 6.07) is 0. The Bertz CT molecular complexity index is 337. The van der Waals surface area contributed by atoms with E-state index in [1.54, 1.807) is 20.4 Å². The van der Waals surface area contributed by atoms with Gasteiger partial charge in [-0.25, -0.2) is 4.98 Å². The largest absolute Gasteiger partial charge is 0.382 e. The molecule has 0 aliphatic carbocycles. The average molecular weight is 291 g/mol. The molecule has 0 saturated heterocycles. The lowest BCUT2D eigenvalue weighted by Gasteiger charge is -2.15. The standard InChI is InChI=1S/C9H15BrN4O2/c1-15-5-6(16-2)3-12-8-7(10)4-13-9(11)14-8/h4,6H,3,5H2,1-2H3,(H3,11,12,13,14). The topological polar surface area (TPSA) is 82.3 Å². The monoisotopic (exact) mass is 290 g/mol. The number of hydrogen-bond acceptors (Lipinski definition) is 6. The van der Waals surface area contributed by atoms with Crippen molar-refractivity contribution in [3.63, 3.8) is 0 Å². The minimum atomic E-state index is -0.0342. The molecule has 1 unspecified atom stereocenters. The van der Waals surface area contributed by atoms with Gasteiger partial charge in [0, 0.05) is 27.0 Å². The van der Waals surface area contributed by atoms with Crippen LogP contribution in [0, 0.1) is 0 Å². The Morgan fingerprint density at radius 1 is 1.56 bits per heavy atom. The summed E-state index contributed by atoms with van der Waals surface area (Å²) in [7, 11) is 3.26. The maximum Gasteiger partial charge on any atom is 0.221 e. The zero-order valence-electron chi connectivity index (χ0n) is 9.24. The maximum absolute atomic E-state index is 5.49. The Labute approximate surface area is 103 Å². The van der Waals surface area contributed by atoms with Gasteiger partial charge in [-0.05, 0) is 15.9 Å². The number of aromatic nitrogens is 2. The smallest absolute Gasteiger partial charge is 0.221 e. The van der Waals surface area contributed by atoms with Gasteiger partial charge in [-0.2, -0.15) is 4.98 Å². The van der Waals surface area contributed by atoms with Crippen LogP contribution in [0.3, 0.4) is 0 Å². The van der Waals surface area contributed by atoms with Crippen LogP contribution in [0.5, 0.6) is 0 Å². The number of nitrogens with two attached hydrogens (primary N) is 1. The molecule has 0 aliphatic rings. The van der Waals surface area contributed by atoms with Gasteiger partial charge in [0.2, 0.25) is 5.95 Å². The molecule has 0 radical (unpaired) electrons. The first-order valence-corrected chi connectivity index (χ1v) is 5.50. The van der Waals surface area contributed by atoms with Gasteiger partial charge in [0.25, 0.3) is 0 Å². The molecular weight excluding hydrogens is 276 g/mol. The highest BCUT2D eigenvalue weighted by molar-refractivity contribution is 9.10. The fourth-order valence-electron chi connectivity index (χ4n) is 1.11. The third-order valence-electron chi connectivity index (χ3n) is 1.95. The molecule has 0 spiro atoms. The molecule has 0 aliphatic heterocycles. The minimum Gasteiger partial charge on any atom is -0.382 e. The van der Waals surface area contributed by atoms with E-state index in [2.05, 4.69) is 31.2 Å². The van der Waals surface area contributed by atoms with Crippen LogP contribution < -0.4 is 11.1 Å². The second-order valence-corrected chi connectivity index (χ2v) is 3.97. The van der Waals surface area contributed by atoms with E-state index >= 15 is 0 Å². The summed E-state index contributed by atoms with van der Waals surface area (Å²) < 4.78 is 11.0. The fourth-order valence-corrected chi connectivity index (χ4v) is 1.44. The predicted octanol–water partition coefficient (Wildman–Crippen LogP) is 0.895. The Kier molecular flexibility index (Phi) is 5.44. The summed E-state index contributed by atoms with van der Waals surface area (Å²) in [5.41, 5.74) is 5.49. The van der Waals surface area contributed by atoms with Gasteiger partial charge in [-0.3, -0.25) is 0 Å². The summed E-state index contributed by atoms with van der Waals surface area (Å²) in [4.78, 5) is 7.90. The molecule has 1 atom stereocenters. The highest BCUT2D eigenvalue weighted by atomic mass is 79.9. The summed E-state index contributed by atoms with van der Waals surface area (Å²) in [5, 5.41) is 3.11. The van der Waals surface area contributed by atoms with Crippen LogP contribution in [0.2, 0.25) is 0 Å². The van der Waals surface area contributed by atoms with Crippen LogP contribution in [0.15, 0.2) is 10.7 Å². The molecule has 6 nitrogen and oxygen atoms in total. The number of ether oxygens (including phenoxy) is 2. The summed E-state index contributed by atoms with van der Waals surface area (Å²) in [6.07, 6.45) is 1.57. The molecule has 3 N–H and O–H groups in total. The van der Waals surface area contributed by atoms with Crippen molar-refractivity contribution < 1.29 is 9.47 Å². The third kappa shape index (κ3) is 3.92. The van der Waals surface area contributed by atoms with Crippen molar-refractivity contribution in [2.45, 2.75) is 6.10 Å². The number of nitrogen functional groups attached to an aromatic ring is 1. The number of halogens is 1. The van der Waals surface area contributed by atoms with Crippen molar-refractivity contribution in [3.8, 4) is 0 Å². The normalized spacial score (nSPS) is 12.4. The molecule has 1 rings (SSSR count). The van der Waals surface area contributed by atoms with Gasteiger partial charge < -0.3 is 20.5 Å². The summed E-state index contributed by atoms with van der Waals surface area (Å²) in [6.45, 7) is 1.10. The molecule has 0 amide bonds. The molecule has 0 aromatic carbocycles. The molecule has 90 valence electrons. The first-order valence-electron chi connectivity index (χ1n) is 4.71. The number of rotatable bonds is 6. The second-order valence-electron chi connectivity index (χ2n) is 3.12. The lowest BCUT2D eigenvalue weighted by atomic mass is 10.3. The number of nitrogens with zero attached hydrogens (tertiary/aromatic N) is 2. The average Bonchev–Trinajstić information content (AvgIpc) is 2.28. The summed E-state index contributed by atoms with van der Waals surface area (Å²) in [5.74, 6) is 0.872. The van der Waals surface area contributed by atoms with Gasteiger partial charge in [0.05, 0.1) is 17.2 Å². The third-order valence-corrected chi connectivity index (χ3v) is 2.53. The van der Waals surface area contributed by atoms with Gasteiger partial charge in [-0.15, -0.1) is 0 Å². The Hall–Kier alpha value is -0.920. The zero-order chi connectivity index (χ0) is 12.0. The molecule has 0 fully saturated rings. The molecule has 1 heterocycles. The first kappa shape index (κ1) is 13.1. The van der Waals surface area contributed by atoms with Gasteiger partial charge in [0.15, 0.2) is 0 Å². The quantitative estimate of drug-likeness (QED) is 0.810. The Morgan fingerprint density at radius 3 is 2.94 bits per heavy atom. The van der Waals surface area contributed by atoms with E-state index in [4.69, 9.17) is 15.2 Å². The predicted molar refractivity (Wildman–Crippen MR) is 65.3 cm³/mol. The van der Waals surface area contributed by atoms with Crippen molar-refractivity contribution in [2.24, 2.45) is 0 Å². The highest BCUT2D eigenvalue weighted by Gasteiger charge is 2.09. The maximum atomic E-state index is 5.49. The first-order chi connectivity index (χ1) is 7.67. The van der Waals surface area contributed by atoms with E-state index in [1.165, 1.54) is 0 Å². The van der Waals surface area contributed by atoms with E-state index in [0.717, 1.165) is 4.47 Å². The van der Waals surface area contributed by atoms with E-state index in [0.29, 0.717) is 19.0 Å². The van der Waals surface area contributed by atoms with E-state index < -0.39 is 0 Å². The van der Waals surface area contributed by atoms with Gasteiger partial charge in [-0.1, -0.05) is 0 Å². The minimum absolute atomic E-state index is 0.0342. The lowest BCUT2D eigenvalue weighted by Crippen LogP contribution is -2.27. The van der Waals surface area contributed by atoms with Crippen LogP contribution in [-0.4, -0.2) is 43.4 Å². The number of anilines is 2. The van der Waals surface area contributed by atoms with E-state index in [1.807, 2.05) is 0 Å². The molecular formula is C9H15BrN4O2. The van der Waals surface area contributed by atoms with Crippen LogP contribution in [0.4, 0.5) is 11.8 Å². The molecule has 1 aromatic heterocycles. The molecule has 0 bridgehead atoms. The van der Waals surface area contributed by atoms with Crippen LogP contribution in [0.25, 0.3) is 0 Å². The second kappa shape index (κ2) is 6.62. The lowest BCUT2D eigenvalue weighted by molar-refractivity contribution is 0.0365. The summed E-state index contributed by atoms with van der Waals surface area (Å²) >= 11 is 3.33. The molecule has 16 heavy (non-hydrogen) atoms. The Balaban J connectivity index is 2.55. The SMILES string of the molecule is COCC(CNc1nc(N)ncc1Br)OC. The highest BCUT2D eigenvalue weighted by Crippen LogP contribution is 2.18. The fraction of sp³-hybridized carbons (Fsp3) is 0.556. The van der Waals surface area contributed by atoms with Crippen molar-refractivity contribution in [3.05, 3.63) is 10.7 Å². The van der Waals surface area contributed by atoms with Crippen LogP contribution >= 0.6 is 15.9 Å². The number of methoxy groups -OCH3 is 2. The van der Waals surface area contributed by atoms with Crippen molar-refractivity contribution >= 4 is 27.7 Å². The number of nitrogens with one attached hydrogen (secondary N) is 1. The zero-order valence-corrected chi connectivity index (χ0v) is 10.8. The number of hydrogen-bond donors (Lipinski definition) is 2. The van der Waals surface area contributed by atoms with Gasteiger partial charge in [0.1, 0.15) is 5.82 Å². The molecule has 7 heteroatoms. The van der Waals surface area contributed by atoms with E-state index in [-0.39, 0.29) is 12.1 Å². The molecule has 0 saturated carbocycles.